The van der Waals surface area contributed by atoms with Gasteiger partial charge >= 0.3 is 0 Å². The van der Waals surface area contributed by atoms with Crippen LogP contribution in [0, 0.1) is 0 Å². The van der Waals surface area contributed by atoms with E-state index in [2.05, 4.69) is 44.6 Å². The molecule has 0 aromatic carbocycles. The van der Waals surface area contributed by atoms with Crippen molar-refractivity contribution in [2.24, 2.45) is 0 Å². The number of anilines is 3. The Labute approximate surface area is 130 Å². The molecule has 5 nitrogen and oxygen atoms in total. The van der Waals surface area contributed by atoms with E-state index in [1.165, 1.54) is 4.88 Å². The molecule has 0 unspecified atom stereocenters. The SMILES string of the molecule is CCCCN(C)c1ncnc(NCCc2cccs2)c1N. The Balaban J connectivity index is 1.96. The van der Waals surface area contributed by atoms with E-state index in [1.807, 2.05) is 7.05 Å². The van der Waals surface area contributed by atoms with Gasteiger partial charge in [-0.15, -0.1) is 11.3 Å². The topological polar surface area (TPSA) is 67.1 Å². The van der Waals surface area contributed by atoms with Crippen molar-refractivity contribution in [1.82, 2.24) is 9.97 Å². The van der Waals surface area contributed by atoms with Crippen molar-refractivity contribution >= 4 is 28.7 Å². The monoisotopic (exact) mass is 305 g/mol. The summed E-state index contributed by atoms with van der Waals surface area (Å²) in [5.41, 5.74) is 6.82. The van der Waals surface area contributed by atoms with Gasteiger partial charge in [-0.05, 0) is 24.3 Å². The van der Waals surface area contributed by atoms with Crippen LogP contribution in [0.4, 0.5) is 17.3 Å². The summed E-state index contributed by atoms with van der Waals surface area (Å²) in [4.78, 5) is 12.0. The summed E-state index contributed by atoms with van der Waals surface area (Å²) < 4.78 is 0. The molecular formula is C15H23N5S. The smallest absolute Gasteiger partial charge is 0.157 e. The molecule has 0 radical (unpaired) electrons. The summed E-state index contributed by atoms with van der Waals surface area (Å²) in [6.07, 6.45) is 4.83. The van der Waals surface area contributed by atoms with Gasteiger partial charge in [-0.3, -0.25) is 0 Å². The van der Waals surface area contributed by atoms with Crippen LogP contribution in [-0.2, 0) is 6.42 Å². The Morgan fingerprint density at radius 1 is 1.38 bits per heavy atom. The van der Waals surface area contributed by atoms with E-state index >= 15 is 0 Å². The highest BCUT2D eigenvalue weighted by Crippen LogP contribution is 2.25. The van der Waals surface area contributed by atoms with Gasteiger partial charge < -0.3 is 16.0 Å². The minimum absolute atomic E-state index is 0.627. The number of rotatable bonds is 8. The van der Waals surface area contributed by atoms with Crippen LogP contribution >= 0.6 is 11.3 Å². The highest BCUT2D eigenvalue weighted by atomic mass is 32.1. The number of nitrogens with two attached hydrogens (primary N) is 1. The van der Waals surface area contributed by atoms with Crippen LogP contribution in [0.5, 0.6) is 0 Å². The van der Waals surface area contributed by atoms with E-state index in [0.717, 1.165) is 44.0 Å². The standard InChI is InChI=1S/C15H23N5S/c1-3-4-9-20(2)15-13(16)14(18-11-19-15)17-8-7-12-6-5-10-21-12/h5-6,10-11H,3-4,7-9,16H2,1-2H3,(H,17,18,19). The maximum Gasteiger partial charge on any atom is 0.157 e. The molecule has 0 fully saturated rings. The summed E-state index contributed by atoms with van der Waals surface area (Å²) in [5, 5.41) is 5.40. The van der Waals surface area contributed by atoms with E-state index in [1.54, 1.807) is 17.7 Å². The molecular weight excluding hydrogens is 282 g/mol. The van der Waals surface area contributed by atoms with E-state index < -0.39 is 0 Å². The average molecular weight is 305 g/mol. The van der Waals surface area contributed by atoms with Crippen molar-refractivity contribution in [3.05, 3.63) is 28.7 Å². The third kappa shape index (κ3) is 4.32. The van der Waals surface area contributed by atoms with Gasteiger partial charge in [0.05, 0.1) is 0 Å². The predicted octanol–water partition coefficient (Wildman–Crippen LogP) is 3.01. The number of hydrogen-bond acceptors (Lipinski definition) is 6. The van der Waals surface area contributed by atoms with Crippen molar-refractivity contribution in [3.63, 3.8) is 0 Å². The van der Waals surface area contributed by atoms with Gasteiger partial charge in [-0.2, -0.15) is 0 Å². The largest absolute Gasteiger partial charge is 0.393 e. The summed E-state index contributed by atoms with van der Waals surface area (Å²) in [6, 6.07) is 4.21. The summed E-state index contributed by atoms with van der Waals surface area (Å²) in [5.74, 6) is 1.52. The van der Waals surface area contributed by atoms with E-state index in [-0.39, 0.29) is 0 Å². The number of nitrogens with one attached hydrogen (secondary N) is 1. The maximum atomic E-state index is 6.19. The van der Waals surface area contributed by atoms with Crippen LogP contribution in [-0.4, -0.2) is 30.1 Å². The summed E-state index contributed by atoms with van der Waals surface area (Å²) >= 11 is 1.77. The van der Waals surface area contributed by atoms with E-state index in [4.69, 9.17) is 5.73 Å². The Kier molecular flexibility index (Phi) is 5.80. The zero-order valence-corrected chi connectivity index (χ0v) is 13.5. The van der Waals surface area contributed by atoms with Crippen LogP contribution < -0.4 is 16.0 Å². The lowest BCUT2D eigenvalue weighted by Gasteiger charge is -2.20. The molecule has 0 aliphatic heterocycles. The van der Waals surface area contributed by atoms with Crippen LogP contribution in [0.15, 0.2) is 23.8 Å². The number of hydrogen-bond donors (Lipinski definition) is 2. The summed E-state index contributed by atoms with van der Waals surface area (Å²) in [7, 11) is 2.02. The second kappa shape index (κ2) is 7.83. The quantitative estimate of drug-likeness (QED) is 0.784. The highest BCUT2D eigenvalue weighted by molar-refractivity contribution is 7.09. The van der Waals surface area contributed by atoms with Crippen molar-refractivity contribution < 1.29 is 0 Å². The fourth-order valence-electron chi connectivity index (χ4n) is 2.09. The van der Waals surface area contributed by atoms with Crippen LogP contribution in [0.2, 0.25) is 0 Å². The van der Waals surface area contributed by atoms with Crippen LogP contribution in [0.25, 0.3) is 0 Å². The van der Waals surface area contributed by atoms with Gasteiger partial charge in [0, 0.05) is 25.0 Å². The minimum atomic E-state index is 0.627. The molecule has 21 heavy (non-hydrogen) atoms. The lowest BCUT2D eigenvalue weighted by atomic mass is 10.3. The van der Waals surface area contributed by atoms with Gasteiger partial charge in [0.25, 0.3) is 0 Å². The number of nitrogen functional groups attached to an aromatic ring is 1. The first-order valence-corrected chi connectivity index (χ1v) is 8.18. The Hall–Kier alpha value is -1.82. The van der Waals surface area contributed by atoms with Gasteiger partial charge in [-0.25, -0.2) is 9.97 Å². The normalized spacial score (nSPS) is 10.6. The number of nitrogens with zero attached hydrogens (tertiary/aromatic N) is 3. The molecule has 3 N–H and O–H groups in total. The number of thiophene rings is 1. The van der Waals surface area contributed by atoms with Crippen molar-refractivity contribution in [1.29, 1.82) is 0 Å². The Morgan fingerprint density at radius 2 is 2.24 bits per heavy atom. The molecule has 2 aromatic heterocycles. The van der Waals surface area contributed by atoms with Gasteiger partial charge in [0.15, 0.2) is 11.6 Å². The zero-order chi connectivity index (χ0) is 15.1. The molecule has 0 saturated heterocycles. The molecule has 0 saturated carbocycles. The molecule has 6 heteroatoms. The number of unbranched alkanes of at least 4 members (excludes halogenated alkanes) is 1. The average Bonchev–Trinajstić information content (AvgIpc) is 3.00. The molecule has 0 aliphatic rings. The minimum Gasteiger partial charge on any atom is -0.393 e. The van der Waals surface area contributed by atoms with Gasteiger partial charge in [0.2, 0.25) is 0 Å². The molecule has 0 atom stereocenters. The maximum absolute atomic E-state index is 6.19. The third-order valence-corrected chi connectivity index (χ3v) is 4.25. The second-order valence-electron chi connectivity index (χ2n) is 4.99. The van der Waals surface area contributed by atoms with E-state index in [0.29, 0.717) is 5.69 Å². The second-order valence-corrected chi connectivity index (χ2v) is 6.02. The molecule has 2 heterocycles. The third-order valence-electron chi connectivity index (χ3n) is 3.32. The first kappa shape index (κ1) is 15.6. The molecule has 2 aromatic rings. The Bertz CT molecular complexity index is 541. The summed E-state index contributed by atoms with van der Waals surface area (Å²) in [6.45, 7) is 3.95. The van der Waals surface area contributed by atoms with E-state index in [9.17, 15) is 0 Å². The molecule has 0 spiro atoms. The van der Waals surface area contributed by atoms with Crippen molar-refractivity contribution in [2.75, 3.05) is 36.1 Å². The Morgan fingerprint density at radius 3 is 2.95 bits per heavy atom. The van der Waals surface area contributed by atoms with Crippen molar-refractivity contribution in [3.8, 4) is 0 Å². The fourth-order valence-corrected chi connectivity index (χ4v) is 2.80. The molecule has 0 bridgehead atoms. The van der Waals surface area contributed by atoms with Crippen molar-refractivity contribution in [2.45, 2.75) is 26.2 Å². The number of aromatic nitrogens is 2. The molecule has 114 valence electrons. The highest BCUT2D eigenvalue weighted by Gasteiger charge is 2.11. The lowest BCUT2D eigenvalue weighted by molar-refractivity contribution is 0.759. The van der Waals surface area contributed by atoms with Gasteiger partial charge in [0.1, 0.15) is 12.0 Å². The molecule has 2 rings (SSSR count). The molecule has 0 aliphatic carbocycles. The molecule has 0 amide bonds. The fraction of sp³-hybridized carbons (Fsp3) is 0.467. The zero-order valence-electron chi connectivity index (χ0n) is 12.7. The first-order valence-electron chi connectivity index (χ1n) is 7.30. The first-order chi connectivity index (χ1) is 10.2. The lowest BCUT2D eigenvalue weighted by Crippen LogP contribution is -2.22. The predicted molar refractivity (Wildman–Crippen MR) is 91.1 cm³/mol. The van der Waals surface area contributed by atoms with Crippen LogP contribution in [0.1, 0.15) is 24.6 Å². The van der Waals surface area contributed by atoms with Crippen LogP contribution in [0.3, 0.4) is 0 Å². The van der Waals surface area contributed by atoms with Gasteiger partial charge in [-0.1, -0.05) is 19.4 Å².